The number of hydrogen-bond donors (Lipinski definition) is 2. The molecule has 0 radical (unpaired) electrons. The first-order valence-corrected chi connectivity index (χ1v) is 4.88. The van der Waals surface area contributed by atoms with Crippen LogP contribution >= 0.6 is 23.2 Å². The number of carbonyl (C=O) groups excluding carboxylic acids is 1. The number of ketones is 1. The van der Waals surface area contributed by atoms with Crippen LogP contribution in [-0.2, 0) is 4.79 Å². The Labute approximate surface area is 101 Å². The number of aliphatic carboxylic acids is 1. The fraction of sp³-hybridized carbons (Fsp3) is 0. The Kier molecular flexibility index (Phi) is 3.93. The molecule has 0 bridgehead atoms. The summed E-state index contributed by atoms with van der Waals surface area (Å²) in [6.07, 6.45) is 0.792. The van der Waals surface area contributed by atoms with E-state index in [0.717, 1.165) is 6.08 Å². The van der Waals surface area contributed by atoms with Crippen molar-refractivity contribution >= 4 is 35.0 Å². The lowest BCUT2D eigenvalue weighted by Gasteiger charge is -2.01. The Bertz CT molecular complexity index is 483. The van der Waals surface area contributed by atoms with Gasteiger partial charge < -0.3 is 10.8 Å². The largest absolute Gasteiger partial charge is 0.477 e. The van der Waals surface area contributed by atoms with Crippen molar-refractivity contribution in [3.05, 3.63) is 45.6 Å². The Morgan fingerprint density at radius 2 is 1.94 bits per heavy atom. The molecule has 0 atom stereocenters. The quantitative estimate of drug-likeness (QED) is 0.644. The van der Waals surface area contributed by atoms with Gasteiger partial charge in [-0.2, -0.15) is 0 Å². The second-order valence-electron chi connectivity index (χ2n) is 2.87. The molecule has 4 nitrogen and oxygen atoms in total. The van der Waals surface area contributed by atoms with Crippen molar-refractivity contribution in [2.75, 3.05) is 0 Å². The average Bonchev–Trinajstić information content (AvgIpc) is 2.21. The van der Waals surface area contributed by atoms with Gasteiger partial charge in [0.15, 0.2) is 5.78 Å². The van der Waals surface area contributed by atoms with Crippen LogP contribution in [0.25, 0.3) is 0 Å². The molecule has 84 valence electrons. The molecule has 0 aliphatic carbocycles. The molecule has 0 saturated carbocycles. The summed E-state index contributed by atoms with van der Waals surface area (Å²) in [4.78, 5) is 22.0. The lowest BCUT2D eigenvalue weighted by atomic mass is 10.1. The third kappa shape index (κ3) is 2.74. The van der Waals surface area contributed by atoms with Crippen molar-refractivity contribution < 1.29 is 14.7 Å². The number of rotatable bonds is 3. The van der Waals surface area contributed by atoms with Crippen molar-refractivity contribution in [3.63, 3.8) is 0 Å². The van der Waals surface area contributed by atoms with Crippen LogP contribution in [0, 0.1) is 0 Å². The van der Waals surface area contributed by atoms with Crippen molar-refractivity contribution in [3.8, 4) is 0 Å². The summed E-state index contributed by atoms with van der Waals surface area (Å²) in [5, 5.41) is 8.79. The molecule has 0 heterocycles. The molecular weight excluding hydrogens is 253 g/mol. The van der Waals surface area contributed by atoms with Gasteiger partial charge in [0.1, 0.15) is 5.70 Å². The van der Waals surface area contributed by atoms with E-state index in [-0.39, 0.29) is 15.6 Å². The first-order valence-electron chi connectivity index (χ1n) is 4.12. The van der Waals surface area contributed by atoms with Gasteiger partial charge >= 0.3 is 5.97 Å². The first kappa shape index (κ1) is 12.5. The average molecular weight is 260 g/mol. The number of hydrogen-bond acceptors (Lipinski definition) is 3. The van der Waals surface area contributed by atoms with Gasteiger partial charge in [-0.3, -0.25) is 4.79 Å². The van der Waals surface area contributed by atoms with Crippen LogP contribution in [0.3, 0.4) is 0 Å². The third-order valence-corrected chi connectivity index (χ3v) is 2.57. The maximum Gasteiger partial charge on any atom is 0.351 e. The molecule has 1 aromatic carbocycles. The second kappa shape index (κ2) is 5.01. The zero-order valence-corrected chi connectivity index (χ0v) is 9.42. The van der Waals surface area contributed by atoms with E-state index < -0.39 is 17.4 Å². The molecule has 0 aliphatic rings. The second-order valence-corrected chi connectivity index (χ2v) is 3.66. The summed E-state index contributed by atoms with van der Waals surface area (Å²) in [7, 11) is 0. The maximum atomic E-state index is 11.6. The monoisotopic (exact) mass is 259 g/mol. The van der Waals surface area contributed by atoms with Gasteiger partial charge in [0.2, 0.25) is 0 Å². The SMILES string of the molecule is N/C(=C\C(=O)c1cccc(Cl)c1Cl)C(=O)O. The lowest BCUT2D eigenvalue weighted by Crippen LogP contribution is -2.12. The molecule has 6 heteroatoms. The fourth-order valence-electron chi connectivity index (χ4n) is 0.975. The molecule has 0 fully saturated rings. The lowest BCUT2D eigenvalue weighted by molar-refractivity contribution is -0.132. The van der Waals surface area contributed by atoms with Crippen LogP contribution in [0.4, 0.5) is 0 Å². The maximum absolute atomic E-state index is 11.6. The van der Waals surface area contributed by atoms with E-state index >= 15 is 0 Å². The molecule has 3 N–H and O–H groups in total. The highest BCUT2D eigenvalue weighted by Gasteiger charge is 2.12. The fourth-order valence-corrected chi connectivity index (χ4v) is 1.37. The molecule has 0 aliphatic heterocycles. The number of carbonyl (C=O) groups is 2. The summed E-state index contributed by atoms with van der Waals surface area (Å²) in [6.45, 7) is 0. The van der Waals surface area contributed by atoms with Crippen molar-refractivity contribution in [2.45, 2.75) is 0 Å². The smallest absolute Gasteiger partial charge is 0.351 e. The van der Waals surface area contributed by atoms with E-state index in [1.165, 1.54) is 18.2 Å². The summed E-state index contributed by atoms with van der Waals surface area (Å²) in [6, 6.07) is 4.49. The molecule has 0 saturated heterocycles. The van der Waals surface area contributed by atoms with E-state index in [0.29, 0.717) is 0 Å². The number of benzene rings is 1. The number of carboxylic acids is 1. The Hall–Kier alpha value is -1.52. The van der Waals surface area contributed by atoms with Gasteiger partial charge in [0.25, 0.3) is 0 Å². The van der Waals surface area contributed by atoms with Gasteiger partial charge in [-0.05, 0) is 12.1 Å². The Morgan fingerprint density at radius 1 is 1.31 bits per heavy atom. The van der Waals surface area contributed by atoms with Gasteiger partial charge in [-0.25, -0.2) is 4.79 Å². The first-order chi connectivity index (χ1) is 7.43. The molecule has 16 heavy (non-hydrogen) atoms. The van der Waals surface area contributed by atoms with E-state index in [2.05, 4.69) is 0 Å². The number of halogens is 2. The third-order valence-electron chi connectivity index (χ3n) is 1.75. The van der Waals surface area contributed by atoms with Gasteiger partial charge in [0, 0.05) is 11.6 Å². The molecular formula is C10H7Cl2NO3. The van der Waals surface area contributed by atoms with Gasteiger partial charge in [-0.15, -0.1) is 0 Å². The zero-order valence-electron chi connectivity index (χ0n) is 7.91. The summed E-state index contributed by atoms with van der Waals surface area (Å²) < 4.78 is 0. The summed E-state index contributed by atoms with van der Waals surface area (Å²) >= 11 is 11.5. The summed E-state index contributed by atoms with van der Waals surface area (Å²) in [5.41, 5.74) is 4.66. The van der Waals surface area contributed by atoms with Crippen LogP contribution in [0.2, 0.25) is 10.0 Å². The molecule has 0 spiro atoms. The Balaban J connectivity index is 3.12. The van der Waals surface area contributed by atoms with E-state index in [1.807, 2.05) is 0 Å². The molecule has 1 rings (SSSR count). The van der Waals surface area contributed by atoms with Crippen LogP contribution in [0.15, 0.2) is 30.0 Å². The van der Waals surface area contributed by atoms with E-state index in [9.17, 15) is 9.59 Å². The minimum Gasteiger partial charge on any atom is -0.477 e. The predicted octanol–water partition coefficient (Wildman–Crippen LogP) is 2.10. The highest BCUT2D eigenvalue weighted by molar-refractivity contribution is 6.44. The normalized spacial score (nSPS) is 11.2. The zero-order chi connectivity index (χ0) is 12.3. The van der Waals surface area contributed by atoms with Crippen molar-refractivity contribution in [1.29, 1.82) is 0 Å². The van der Waals surface area contributed by atoms with Crippen LogP contribution in [-0.4, -0.2) is 16.9 Å². The van der Waals surface area contributed by atoms with Crippen molar-refractivity contribution in [1.82, 2.24) is 0 Å². The van der Waals surface area contributed by atoms with Crippen LogP contribution in [0.1, 0.15) is 10.4 Å². The van der Waals surface area contributed by atoms with Gasteiger partial charge in [-0.1, -0.05) is 29.3 Å². The molecule has 0 aromatic heterocycles. The minimum absolute atomic E-state index is 0.0728. The highest BCUT2D eigenvalue weighted by atomic mass is 35.5. The summed E-state index contributed by atoms with van der Waals surface area (Å²) in [5.74, 6) is -1.97. The van der Waals surface area contributed by atoms with E-state index in [1.54, 1.807) is 0 Å². The highest BCUT2D eigenvalue weighted by Crippen LogP contribution is 2.26. The standard InChI is InChI=1S/C10H7Cl2NO3/c11-6-3-1-2-5(9(6)12)8(14)4-7(13)10(15)16/h1-4H,13H2,(H,15,16)/b7-4-. The van der Waals surface area contributed by atoms with Crippen LogP contribution < -0.4 is 5.73 Å². The van der Waals surface area contributed by atoms with Gasteiger partial charge in [0.05, 0.1) is 10.0 Å². The molecule has 0 unspecified atom stereocenters. The molecule has 0 amide bonds. The van der Waals surface area contributed by atoms with Crippen molar-refractivity contribution in [2.24, 2.45) is 5.73 Å². The van der Waals surface area contributed by atoms with E-state index in [4.69, 9.17) is 34.0 Å². The number of nitrogens with two attached hydrogens (primary N) is 1. The minimum atomic E-state index is -1.37. The molecule has 1 aromatic rings. The topological polar surface area (TPSA) is 80.4 Å². The predicted molar refractivity (Wildman–Crippen MR) is 60.7 cm³/mol. The Morgan fingerprint density at radius 3 is 2.50 bits per heavy atom. The van der Waals surface area contributed by atoms with Crippen LogP contribution in [0.5, 0.6) is 0 Å². The number of allylic oxidation sites excluding steroid dienone is 1. The number of carboxylic acid groups (broad SMARTS) is 1.